The Morgan fingerprint density at radius 3 is 2.54 bits per heavy atom. The molecule has 3 atom stereocenters. The first-order chi connectivity index (χ1) is 11.6. The summed E-state index contributed by atoms with van der Waals surface area (Å²) in [5.41, 5.74) is 6.76. The third-order valence-corrected chi connectivity index (χ3v) is 6.74. The summed E-state index contributed by atoms with van der Waals surface area (Å²) in [5, 5.41) is 4.14. The molecule has 1 aliphatic heterocycles. The molecule has 1 aliphatic rings. The summed E-state index contributed by atoms with van der Waals surface area (Å²) in [7, 11) is -2.14. The molecule has 0 saturated carbocycles. The number of piperidine rings is 1. The Kier molecular flexibility index (Phi) is 7.64. The molecule has 2 rings (SSSR count). The number of nitrogens with one attached hydrogen (secondary N) is 1. The minimum Gasteiger partial charge on any atom is -0.337 e. The minimum absolute atomic E-state index is 0. The zero-order valence-corrected chi connectivity index (χ0v) is 17.7. The molecule has 2 heterocycles. The first-order valence-electron chi connectivity index (χ1n) is 8.61. The van der Waals surface area contributed by atoms with Crippen LogP contribution in [0.4, 0.5) is 0 Å². The number of carbonyl (C=O) groups is 1. The van der Waals surface area contributed by atoms with Crippen molar-refractivity contribution in [3.8, 4) is 0 Å². The molecule has 1 saturated heterocycles. The fraction of sp³-hybridized carbons (Fsp3) is 0.750. The summed E-state index contributed by atoms with van der Waals surface area (Å²) in [5.74, 6) is 0.287. The van der Waals surface area contributed by atoms with Crippen molar-refractivity contribution in [3.05, 3.63) is 11.4 Å². The number of hydrogen-bond donors (Lipinski definition) is 2. The molecule has 1 amide bonds. The number of likely N-dealkylation sites (tertiary alicyclic amines) is 1. The average Bonchev–Trinajstić information content (AvgIpc) is 2.79. The highest BCUT2D eigenvalue weighted by molar-refractivity contribution is 7.89. The quantitative estimate of drug-likeness (QED) is 0.746. The number of nitrogens with two attached hydrogens (primary N) is 1. The lowest BCUT2D eigenvalue weighted by Crippen LogP contribution is -2.55. The molecule has 8 nitrogen and oxygen atoms in total. The summed E-state index contributed by atoms with van der Waals surface area (Å²) in [4.78, 5) is 14.6. The minimum atomic E-state index is -3.83. The predicted molar refractivity (Wildman–Crippen MR) is 103 cm³/mol. The Bertz CT molecular complexity index is 749. The van der Waals surface area contributed by atoms with Crippen LogP contribution in [0.3, 0.4) is 0 Å². The zero-order chi connectivity index (χ0) is 18.9. The number of aromatic nitrogens is 2. The Balaban J connectivity index is 0.00000338. The lowest BCUT2D eigenvalue weighted by atomic mass is 9.92. The predicted octanol–water partition coefficient (Wildman–Crippen LogP) is 0.711. The zero-order valence-electron chi connectivity index (χ0n) is 16.0. The molecule has 1 fully saturated rings. The second-order valence-electron chi connectivity index (χ2n) is 7.02. The molecular formula is C16H30ClN5O3S. The highest BCUT2D eigenvalue weighted by atomic mass is 35.5. The van der Waals surface area contributed by atoms with Gasteiger partial charge >= 0.3 is 0 Å². The van der Waals surface area contributed by atoms with Crippen LogP contribution in [0.5, 0.6) is 0 Å². The number of amides is 1. The normalized spacial score (nSPS) is 22.0. The van der Waals surface area contributed by atoms with Gasteiger partial charge in [-0.3, -0.25) is 9.48 Å². The Labute approximate surface area is 162 Å². The van der Waals surface area contributed by atoms with Gasteiger partial charge in [0.2, 0.25) is 15.9 Å². The summed E-state index contributed by atoms with van der Waals surface area (Å²) in [6.07, 6.45) is 1.76. The lowest BCUT2D eigenvalue weighted by Gasteiger charge is -2.39. The van der Waals surface area contributed by atoms with Crippen LogP contribution < -0.4 is 10.5 Å². The van der Waals surface area contributed by atoms with E-state index in [0.717, 1.165) is 12.8 Å². The van der Waals surface area contributed by atoms with Gasteiger partial charge in [-0.1, -0.05) is 6.92 Å². The van der Waals surface area contributed by atoms with E-state index in [-0.39, 0.29) is 29.3 Å². The van der Waals surface area contributed by atoms with Crippen LogP contribution in [0.15, 0.2) is 4.90 Å². The number of aryl methyl sites for hydroxylation is 2. The van der Waals surface area contributed by atoms with Crippen LogP contribution in [0.25, 0.3) is 0 Å². The Morgan fingerprint density at radius 2 is 2.04 bits per heavy atom. The fourth-order valence-electron chi connectivity index (χ4n) is 3.50. The Hall–Kier alpha value is -1.16. The number of hydrogen-bond acceptors (Lipinski definition) is 5. The van der Waals surface area contributed by atoms with Crippen molar-refractivity contribution in [1.82, 2.24) is 19.4 Å². The van der Waals surface area contributed by atoms with E-state index in [1.807, 2.05) is 0 Å². The largest absolute Gasteiger partial charge is 0.337 e. The molecule has 3 unspecified atom stereocenters. The van der Waals surface area contributed by atoms with E-state index in [0.29, 0.717) is 30.4 Å². The molecule has 0 bridgehead atoms. The van der Waals surface area contributed by atoms with E-state index in [2.05, 4.69) is 16.7 Å². The first-order valence-corrected chi connectivity index (χ1v) is 10.1. The van der Waals surface area contributed by atoms with E-state index in [9.17, 15) is 13.2 Å². The highest BCUT2D eigenvalue weighted by Crippen LogP contribution is 2.23. The van der Waals surface area contributed by atoms with Crippen molar-refractivity contribution >= 4 is 28.3 Å². The topological polar surface area (TPSA) is 110 Å². The maximum Gasteiger partial charge on any atom is 0.244 e. The van der Waals surface area contributed by atoms with Crippen LogP contribution in [0, 0.1) is 19.8 Å². The van der Waals surface area contributed by atoms with Crippen LogP contribution in [-0.2, 0) is 21.9 Å². The molecule has 1 aromatic heterocycles. The monoisotopic (exact) mass is 407 g/mol. The standard InChI is InChI=1S/C16H29N5O3S.ClH/c1-10-6-7-21(14(8-10)9-17)16(22)12(3)19-25(23,24)15-11(2)18-20(5)13(15)4;/h10,12,14,19H,6-9,17H2,1-5H3;1H. The summed E-state index contributed by atoms with van der Waals surface area (Å²) >= 11 is 0. The molecule has 26 heavy (non-hydrogen) atoms. The SMILES string of the molecule is Cc1nn(C)c(C)c1S(=O)(=O)NC(C)C(=O)N1CCC(C)CC1CN.Cl. The van der Waals surface area contributed by atoms with Crippen molar-refractivity contribution < 1.29 is 13.2 Å². The van der Waals surface area contributed by atoms with E-state index < -0.39 is 16.1 Å². The van der Waals surface area contributed by atoms with Gasteiger partial charge in [0.25, 0.3) is 0 Å². The smallest absolute Gasteiger partial charge is 0.244 e. The molecule has 0 radical (unpaired) electrons. The van der Waals surface area contributed by atoms with Crippen molar-refractivity contribution in [2.75, 3.05) is 13.1 Å². The molecule has 0 aromatic carbocycles. The molecule has 0 spiro atoms. The van der Waals surface area contributed by atoms with Crippen LogP contribution in [0.1, 0.15) is 38.1 Å². The van der Waals surface area contributed by atoms with Crippen LogP contribution >= 0.6 is 12.4 Å². The number of rotatable bonds is 5. The van der Waals surface area contributed by atoms with Crippen molar-refractivity contribution in [3.63, 3.8) is 0 Å². The summed E-state index contributed by atoms with van der Waals surface area (Å²) < 4.78 is 29.5. The third kappa shape index (κ3) is 4.57. The molecule has 0 aliphatic carbocycles. The van der Waals surface area contributed by atoms with Gasteiger partial charge in [0.1, 0.15) is 4.90 Å². The van der Waals surface area contributed by atoms with Gasteiger partial charge in [-0.25, -0.2) is 8.42 Å². The third-order valence-electron chi connectivity index (χ3n) is 4.95. The first kappa shape index (κ1) is 22.9. The van der Waals surface area contributed by atoms with Crippen molar-refractivity contribution in [2.24, 2.45) is 18.7 Å². The molecular weight excluding hydrogens is 378 g/mol. The van der Waals surface area contributed by atoms with Gasteiger partial charge in [0.05, 0.1) is 17.4 Å². The van der Waals surface area contributed by atoms with Gasteiger partial charge in [-0.15, -0.1) is 12.4 Å². The van der Waals surface area contributed by atoms with E-state index in [1.165, 1.54) is 4.68 Å². The molecule has 10 heteroatoms. The van der Waals surface area contributed by atoms with E-state index >= 15 is 0 Å². The van der Waals surface area contributed by atoms with E-state index in [4.69, 9.17) is 5.73 Å². The molecule has 3 N–H and O–H groups in total. The van der Waals surface area contributed by atoms with Crippen molar-refractivity contribution in [2.45, 2.75) is 57.5 Å². The lowest BCUT2D eigenvalue weighted by molar-refractivity contribution is -0.136. The highest BCUT2D eigenvalue weighted by Gasteiger charge is 2.34. The van der Waals surface area contributed by atoms with Gasteiger partial charge in [0.15, 0.2) is 0 Å². The number of sulfonamides is 1. The van der Waals surface area contributed by atoms with Crippen LogP contribution in [-0.4, -0.2) is 54.2 Å². The summed E-state index contributed by atoms with van der Waals surface area (Å²) in [6, 6.07) is -0.892. The number of nitrogens with zero attached hydrogens (tertiary/aromatic N) is 3. The van der Waals surface area contributed by atoms with Gasteiger partial charge in [0, 0.05) is 26.2 Å². The number of halogens is 1. The Morgan fingerprint density at radius 1 is 1.42 bits per heavy atom. The second-order valence-corrected chi connectivity index (χ2v) is 8.67. The molecule has 1 aromatic rings. The fourth-order valence-corrected chi connectivity index (χ4v) is 5.13. The average molecular weight is 408 g/mol. The van der Waals surface area contributed by atoms with Crippen LogP contribution in [0.2, 0.25) is 0 Å². The van der Waals surface area contributed by atoms with Crippen molar-refractivity contribution in [1.29, 1.82) is 0 Å². The summed E-state index contributed by atoms with van der Waals surface area (Å²) in [6.45, 7) is 8.05. The van der Waals surface area contributed by atoms with Gasteiger partial charge in [-0.2, -0.15) is 9.82 Å². The van der Waals surface area contributed by atoms with Gasteiger partial charge in [-0.05, 0) is 39.5 Å². The maximum atomic E-state index is 12.8. The second kappa shape index (κ2) is 8.69. The maximum absolute atomic E-state index is 12.8. The molecule has 150 valence electrons. The van der Waals surface area contributed by atoms with E-state index in [1.54, 1.807) is 32.7 Å². The van der Waals surface area contributed by atoms with Gasteiger partial charge < -0.3 is 10.6 Å². The number of carbonyl (C=O) groups excluding carboxylic acids is 1.